The van der Waals surface area contributed by atoms with Gasteiger partial charge in [0.15, 0.2) is 0 Å². The topological polar surface area (TPSA) is 76.4 Å². The number of carbonyl (C=O) groups excluding carboxylic acids is 1. The maximum absolute atomic E-state index is 11.7. The van der Waals surface area contributed by atoms with Gasteiger partial charge in [-0.3, -0.25) is 9.69 Å². The van der Waals surface area contributed by atoms with Crippen molar-refractivity contribution in [2.24, 2.45) is 0 Å². The number of benzene rings is 1. The standard InChI is InChI=1S/C10H20N2O2.C10H11N.3CH4.Y/c1-8(2)12-6-3-4-9(12)10(14)11-5-7-13;1-8(2)10-5-3-4-9(6-10)7-11;;;;/h8-9,13H,3-7H2,1-2H3,(H,11,14);3-6,8H,1-2H3;3*1H4;. The van der Waals surface area contributed by atoms with Crippen LogP contribution < -0.4 is 5.32 Å². The molecule has 1 saturated heterocycles. The first-order chi connectivity index (χ1) is 11.9. The van der Waals surface area contributed by atoms with E-state index in [1.807, 2.05) is 24.3 Å². The summed E-state index contributed by atoms with van der Waals surface area (Å²) in [5.74, 6) is 0.563. The van der Waals surface area contributed by atoms with Crippen molar-refractivity contribution >= 4 is 5.91 Å². The second-order valence-electron chi connectivity index (χ2n) is 6.90. The second kappa shape index (κ2) is 19.2. The minimum Gasteiger partial charge on any atom is -0.395 e. The van der Waals surface area contributed by atoms with Crippen molar-refractivity contribution in [2.45, 2.75) is 80.8 Å². The zero-order chi connectivity index (χ0) is 18.8. The number of hydrogen-bond donors (Lipinski definition) is 2. The van der Waals surface area contributed by atoms with Gasteiger partial charge in [-0.2, -0.15) is 5.26 Å². The van der Waals surface area contributed by atoms with Gasteiger partial charge in [0.05, 0.1) is 24.3 Å². The fourth-order valence-corrected chi connectivity index (χ4v) is 2.95. The predicted molar refractivity (Wildman–Crippen MR) is 120 cm³/mol. The summed E-state index contributed by atoms with van der Waals surface area (Å²) in [7, 11) is 0. The summed E-state index contributed by atoms with van der Waals surface area (Å²) in [6.45, 7) is 9.85. The van der Waals surface area contributed by atoms with E-state index in [-0.39, 0.29) is 73.5 Å². The molecule has 0 bridgehead atoms. The summed E-state index contributed by atoms with van der Waals surface area (Å²) in [6.07, 6.45) is 2.03. The minimum absolute atomic E-state index is 0. The Bertz CT molecular complexity index is 586. The van der Waals surface area contributed by atoms with Gasteiger partial charge >= 0.3 is 0 Å². The summed E-state index contributed by atoms with van der Waals surface area (Å²) < 4.78 is 0. The fourth-order valence-electron chi connectivity index (χ4n) is 2.95. The molecule has 0 spiro atoms. The van der Waals surface area contributed by atoms with Crippen LogP contribution in [0.4, 0.5) is 0 Å². The SMILES string of the molecule is C.C.C.CC(C)N1CCCC1C(=O)NCCO.CC(C)c1cccc(C#N)c1.[Y]. The molecule has 1 aromatic carbocycles. The van der Waals surface area contributed by atoms with Crippen molar-refractivity contribution in [3.8, 4) is 6.07 Å². The van der Waals surface area contributed by atoms with Gasteiger partial charge in [0.1, 0.15) is 0 Å². The molecule has 1 amide bonds. The van der Waals surface area contributed by atoms with Crippen LogP contribution in [0.5, 0.6) is 0 Å². The van der Waals surface area contributed by atoms with Gasteiger partial charge < -0.3 is 10.4 Å². The number of rotatable bonds is 5. The van der Waals surface area contributed by atoms with E-state index in [0.717, 1.165) is 24.9 Å². The summed E-state index contributed by atoms with van der Waals surface area (Å²) in [4.78, 5) is 13.9. The smallest absolute Gasteiger partial charge is 0.237 e. The largest absolute Gasteiger partial charge is 0.395 e. The summed E-state index contributed by atoms with van der Waals surface area (Å²) in [5.41, 5.74) is 1.97. The van der Waals surface area contributed by atoms with E-state index in [1.54, 1.807) is 0 Å². The van der Waals surface area contributed by atoms with E-state index in [4.69, 9.17) is 10.4 Å². The van der Waals surface area contributed by atoms with Crippen LogP contribution in [-0.2, 0) is 37.5 Å². The van der Waals surface area contributed by atoms with Gasteiger partial charge in [-0.15, -0.1) is 0 Å². The zero-order valence-electron chi connectivity index (χ0n) is 16.4. The molecule has 1 aliphatic heterocycles. The molecule has 1 aromatic rings. The Hall–Kier alpha value is -0.796. The molecular weight excluding hydrogens is 439 g/mol. The third kappa shape index (κ3) is 12.5. The third-order valence-electron chi connectivity index (χ3n) is 4.35. The van der Waals surface area contributed by atoms with Crippen molar-refractivity contribution in [1.29, 1.82) is 5.26 Å². The molecule has 0 aromatic heterocycles. The average Bonchev–Trinajstić information content (AvgIpc) is 3.10. The number of hydrogen-bond acceptors (Lipinski definition) is 4. The molecule has 1 radical (unpaired) electrons. The van der Waals surface area contributed by atoms with Crippen LogP contribution in [-0.4, -0.2) is 47.7 Å². The maximum atomic E-state index is 11.7. The van der Waals surface area contributed by atoms with Crippen LogP contribution in [0.15, 0.2) is 24.3 Å². The Kier molecular flexibility index (Phi) is 23.6. The normalized spacial score (nSPS) is 14.8. The van der Waals surface area contributed by atoms with E-state index in [9.17, 15) is 4.79 Å². The molecule has 0 saturated carbocycles. The molecule has 2 rings (SSSR count). The molecule has 1 heterocycles. The maximum Gasteiger partial charge on any atom is 0.237 e. The number of nitrogens with zero attached hydrogens (tertiary/aromatic N) is 2. The molecule has 1 unspecified atom stereocenters. The molecule has 1 fully saturated rings. The molecule has 1 aliphatic rings. The Labute approximate surface area is 205 Å². The Morgan fingerprint density at radius 1 is 1.28 bits per heavy atom. The Balaban J connectivity index is -0.000000193. The van der Waals surface area contributed by atoms with Crippen molar-refractivity contribution in [2.75, 3.05) is 19.7 Å². The van der Waals surface area contributed by atoms with Crippen LogP contribution in [0.25, 0.3) is 0 Å². The average molecular weight is 483 g/mol. The van der Waals surface area contributed by atoms with Crippen LogP contribution in [0, 0.1) is 11.3 Å². The van der Waals surface area contributed by atoms with Crippen molar-refractivity contribution in [3.63, 3.8) is 0 Å². The third-order valence-corrected chi connectivity index (χ3v) is 4.35. The van der Waals surface area contributed by atoms with Crippen LogP contribution in [0.3, 0.4) is 0 Å². The van der Waals surface area contributed by atoms with Gasteiger partial charge in [0.2, 0.25) is 5.91 Å². The minimum atomic E-state index is 0. The van der Waals surface area contributed by atoms with E-state index in [2.05, 4.69) is 44.0 Å². The quantitative estimate of drug-likeness (QED) is 0.646. The Morgan fingerprint density at radius 2 is 1.90 bits per heavy atom. The molecule has 6 heteroatoms. The van der Waals surface area contributed by atoms with Crippen molar-refractivity contribution in [1.82, 2.24) is 10.2 Å². The number of likely N-dealkylation sites (tertiary alicyclic amines) is 1. The zero-order valence-corrected chi connectivity index (χ0v) is 19.2. The first-order valence-electron chi connectivity index (χ1n) is 9.05. The number of carbonyl (C=O) groups is 1. The van der Waals surface area contributed by atoms with Crippen LogP contribution >= 0.6 is 0 Å². The molecule has 1 atom stereocenters. The van der Waals surface area contributed by atoms with E-state index < -0.39 is 0 Å². The number of aliphatic hydroxyl groups excluding tert-OH is 1. The summed E-state index contributed by atoms with van der Waals surface area (Å²) in [6, 6.07) is 10.3. The molecule has 165 valence electrons. The van der Waals surface area contributed by atoms with Gasteiger partial charge in [0.25, 0.3) is 0 Å². The Morgan fingerprint density at radius 3 is 2.38 bits per heavy atom. The molecule has 2 N–H and O–H groups in total. The molecule has 29 heavy (non-hydrogen) atoms. The first kappa shape index (κ1) is 35.6. The van der Waals surface area contributed by atoms with Gasteiger partial charge in [-0.05, 0) is 56.8 Å². The summed E-state index contributed by atoms with van der Waals surface area (Å²) in [5, 5.41) is 19.9. The first-order valence-corrected chi connectivity index (χ1v) is 9.05. The fraction of sp³-hybridized carbons (Fsp3) is 0.652. The predicted octanol–water partition coefficient (Wildman–Crippen LogP) is 4.56. The van der Waals surface area contributed by atoms with E-state index >= 15 is 0 Å². The number of amides is 1. The van der Waals surface area contributed by atoms with Gasteiger partial charge in [-0.25, -0.2) is 0 Å². The second-order valence-corrected chi connectivity index (χ2v) is 6.90. The monoisotopic (exact) mass is 482 g/mol. The molecule has 5 nitrogen and oxygen atoms in total. The number of nitriles is 1. The van der Waals surface area contributed by atoms with Crippen LogP contribution in [0.1, 0.15) is 79.9 Å². The van der Waals surface area contributed by atoms with Crippen molar-refractivity contribution in [3.05, 3.63) is 35.4 Å². The number of nitrogens with one attached hydrogen (secondary N) is 1. The summed E-state index contributed by atoms with van der Waals surface area (Å²) >= 11 is 0. The molecule has 0 aliphatic carbocycles. The van der Waals surface area contributed by atoms with Crippen molar-refractivity contribution < 1.29 is 42.6 Å². The van der Waals surface area contributed by atoms with Crippen LogP contribution in [0.2, 0.25) is 0 Å². The number of aliphatic hydroxyl groups is 1. The van der Waals surface area contributed by atoms with E-state index in [1.165, 1.54) is 5.56 Å². The van der Waals surface area contributed by atoms with E-state index in [0.29, 0.717) is 18.5 Å². The van der Waals surface area contributed by atoms with Gasteiger partial charge in [0, 0.05) is 45.3 Å². The van der Waals surface area contributed by atoms with Gasteiger partial charge in [-0.1, -0.05) is 48.3 Å². The molecular formula is C23H43N3O2Y.